The van der Waals surface area contributed by atoms with E-state index in [0.29, 0.717) is 6.04 Å². The third kappa shape index (κ3) is 1.59. The van der Waals surface area contributed by atoms with Gasteiger partial charge < -0.3 is 5.32 Å². The summed E-state index contributed by atoms with van der Waals surface area (Å²) in [6.45, 7) is 4.56. The van der Waals surface area contributed by atoms with Crippen molar-refractivity contribution < 1.29 is 0 Å². The normalized spacial score (nSPS) is 42.5. The van der Waals surface area contributed by atoms with Crippen LogP contribution in [-0.4, -0.2) is 11.9 Å². The van der Waals surface area contributed by atoms with Gasteiger partial charge in [0.2, 0.25) is 0 Å². The van der Waals surface area contributed by atoms with E-state index in [1.807, 2.05) is 0 Å². The lowest BCUT2D eigenvalue weighted by Gasteiger charge is -2.18. The maximum absolute atomic E-state index is 7.63. The first-order chi connectivity index (χ1) is 6.24. The highest BCUT2D eigenvalue weighted by Crippen LogP contribution is 2.50. The Morgan fingerprint density at radius 3 is 3.00 bits per heavy atom. The van der Waals surface area contributed by atoms with Gasteiger partial charge in [0.15, 0.2) is 0 Å². The fourth-order valence-corrected chi connectivity index (χ4v) is 2.91. The molecule has 1 saturated heterocycles. The molecule has 2 aliphatic rings. The molecule has 1 heterocycles. The van der Waals surface area contributed by atoms with Crippen molar-refractivity contribution in [2.45, 2.75) is 45.6 Å². The Labute approximate surface area is 80.6 Å². The second-order valence-electron chi connectivity index (χ2n) is 4.71. The highest BCUT2D eigenvalue weighted by Gasteiger charge is 2.54. The first-order valence-corrected chi connectivity index (χ1v) is 5.58. The van der Waals surface area contributed by atoms with E-state index in [1.54, 1.807) is 0 Å². The van der Waals surface area contributed by atoms with Crippen LogP contribution in [0, 0.1) is 23.2 Å². The molecular formula is C11H20N2. The molecule has 0 amide bonds. The quantitative estimate of drug-likeness (QED) is 0.687. The standard InChI is InChI=1S/C11H20N2/c1-3-4-5-8-10-7(2)6-9(12)13-11(8)10/h7-8,10-11H,3-6H2,1-2H3,(H2,12,13). The topological polar surface area (TPSA) is 35.9 Å². The first-order valence-electron chi connectivity index (χ1n) is 5.58. The van der Waals surface area contributed by atoms with Gasteiger partial charge in [0, 0.05) is 12.5 Å². The van der Waals surface area contributed by atoms with Crippen LogP contribution in [0.1, 0.15) is 39.5 Å². The number of unbranched alkanes of at least 4 members (excludes halogenated alkanes) is 1. The molecule has 1 saturated carbocycles. The molecule has 1 aliphatic carbocycles. The number of piperidine rings is 1. The lowest BCUT2D eigenvalue weighted by Crippen LogP contribution is -2.33. The predicted octanol–water partition coefficient (Wildman–Crippen LogP) is 2.40. The minimum absolute atomic E-state index is 0.669. The van der Waals surface area contributed by atoms with Gasteiger partial charge in [-0.2, -0.15) is 0 Å². The smallest absolute Gasteiger partial charge is 0.0936 e. The number of nitrogens with one attached hydrogen (secondary N) is 2. The molecule has 4 atom stereocenters. The van der Waals surface area contributed by atoms with Gasteiger partial charge >= 0.3 is 0 Å². The van der Waals surface area contributed by atoms with Crippen LogP contribution in [0.15, 0.2) is 0 Å². The van der Waals surface area contributed by atoms with Crippen LogP contribution in [-0.2, 0) is 0 Å². The van der Waals surface area contributed by atoms with Gasteiger partial charge in [0.1, 0.15) is 0 Å². The second kappa shape index (κ2) is 3.32. The van der Waals surface area contributed by atoms with Crippen LogP contribution < -0.4 is 5.32 Å². The van der Waals surface area contributed by atoms with Gasteiger partial charge in [-0.3, -0.25) is 5.41 Å². The highest BCUT2D eigenvalue weighted by molar-refractivity contribution is 5.81. The third-order valence-electron chi connectivity index (χ3n) is 3.64. The molecule has 2 N–H and O–H groups in total. The first kappa shape index (κ1) is 9.04. The summed E-state index contributed by atoms with van der Waals surface area (Å²) >= 11 is 0. The Bertz CT molecular complexity index is 212. The fraction of sp³-hybridized carbons (Fsp3) is 0.909. The summed E-state index contributed by atoms with van der Waals surface area (Å²) in [7, 11) is 0. The summed E-state index contributed by atoms with van der Waals surface area (Å²) in [5.74, 6) is 3.30. The minimum atomic E-state index is 0.669. The molecule has 2 fully saturated rings. The molecule has 74 valence electrons. The summed E-state index contributed by atoms with van der Waals surface area (Å²) in [4.78, 5) is 0. The van der Waals surface area contributed by atoms with E-state index in [9.17, 15) is 0 Å². The summed E-state index contributed by atoms with van der Waals surface area (Å²) in [6.07, 6.45) is 5.02. The summed E-state index contributed by atoms with van der Waals surface area (Å²) in [5, 5.41) is 11.0. The highest BCUT2D eigenvalue weighted by atomic mass is 15.1. The van der Waals surface area contributed by atoms with Crippen LogP contribution in [0.3, 0.4) is 0 Å². The van der Waals surface area contributed by atoms with Crippen molar-refractivity contribution in [2.75, 3.05) is 0 Å². The second-order valence-corrected chi connectivity index (χ2v) is 4.71. The maximum Gasteiger partial charge on any atom is 0.0936 e. The Morgan fingerprint density at radius 1 is 1.54 bits per heavy atom. The summed E-state index contributed by atoms with van der Waals surface area (Å²) in [5.41, 5.74) is 0. The Hall–Kier alpha value is -0.530. The monoisotopic (exact) mass is 180 g/mol. The van der Waals surface area contributed by atoms with Crippen LogP contribution in [0.4, 0.5) is 0 Å². The van der Waals surface area contributed by atoms with E-state index < -0.39 is 0 Å². The van der Waals surface area contributed by atoms with Gasteiger partial charge in [0.25, 0.3) is 0 Å². The lowest BCUT2D eigenvalue weighted by atomic mass is 9.97. The molecule has 2 nitrogen and oxygen atoms in total. The van der Waals surface area contributed by atoms with Crippen LogP contribution in [0.2, 0.25) is 0 Å². The fourth-order valence-electron chi connectivity index (χ4n) is 2.91. The average molecular weight is 180 g/mol. The van der Waals surface area contributed by atoms with Gasteiger partial charge in [0.05, 0.1) is 5.84 Å². The molecule has 4 unspecified atom stereocenters. The summed E-state index contributed by atoms with van der Waals surface area (Å²) in [6, 6.07) is 0.669. The van der Waals surface area contributed by atoms with E-state index in [4.69, 9.17) is 5.41 Å². The molecule has 0 aromatic heterocycles. The number of rotatable bonds is 3. The van der Waals surface area contributed by atoms with E-state index in [2.05, 4.69) is 19.2 Å². The zero-order chi connectivity index (χ0) is 9.42. The van der Waals surface area contributed by atoms with Gasteiger partial charge in [-0.15, -0.1) is 0 Å². The number of fused-ring (bicyclic) bond motifs is 1. The molecule has 0 radical (unpaired) electrons. The van der Waals surface area contributed by atoms with Crippen LogP contribution >= 0.6 is 0 Å². The van der Waals surface area contributed by atoms with Crippen molar-refractivity contribution in [1.82, 2.24) is 5.32 Å². The third-order valence-corrected chi connectivity index (χ3v) is 3.64. The largest absolute Gasteiger partial charge is 0.371 e. The lowest BCUT2D eigenvalue weighted by molar-refractivity contribution is 0.450. The molecule has 2 rings (SSSR count). The van der Waals surface area contributed by atoms with Crippen LogP contribution in [0.5, 0.6) is 0 Å². The predicted molar refractivity (Wildman–Crippen MR) is 54.9 cm³/mol. The van der Waals surface area contributed by atoms with Crippen molar-refractivity contribution in [1.29, 1.82) is 5.41 Å². The molecule has 0 bridgehead atoms. The number of amidine groups is 1. The zero-order valence-electron chi connectivity index (χ0n) is 8.64. The van der Waals surface area contributed by atoms with Crippen molar-refractivity contribution in [3.8, 4) is 0 Å². The van der Waals surface area contributed by atoms with E-state index in [0.717, 1.165) is 30.0 Å². The molecule has 0 aromatic carbocycles. The molecular weight excluding hydrogens is 160 g/mol. The SMILES string of the molecule is CCCCC1C2NC(=N)CC(C)C12. The van der Waals surface area contributed by atoms with Crippen molar-refractivity contribution in [2.24, 2.45) is 17.8 Å². The van der Waals surface area contributed by atoms with Gasteiger partial charge in [-0.25, -0.2) is 0 Å². The Morgan fingerprint density at radius 2 is 2.31 bits per heavy atom. The van der Waals surface area contributed by atoms with E-state index in [1.165, 1.54) is 19.3 Å². The van der Waals surface area contributed by atoms with Crippen LogP contribution in [0.25, 0.3) is 0 Å². The van der Waals surface area contributed by atoms with Gasteiger partial charge in [-0.05, 0) is 24.2 Å². The minimum Gasteiger partial charge on any atom is -0.371 e. The van der Waals surface area contributed by atoms with Crippen molar-refractivity contribution in [3.63, 3.8) is 0 Å². The maximum atomic E-state index is 7.63. The zero-order valence-corrected chi connectivity index (χ0v) is 8.64. The average Bonchev–Trinajstić information content (AvgIpc) is 2.74. The number of hydrogen-bond donors (Lipinski definition) is 2. The summed E-state index contributed by atoms with van der Waals surface area (Å²) < 4.78 is 0. The molecule has 13 heavy (non-hydrogen) atoms. The van der Waals surface area contributed by atoms with E-state index >= 15 is 0 Å². The molecule has 0 aromatic rings. The Balaban J connectivity index is 1.87. The molecule has 0 spiro atoms. The van der Waals surface area contributed by atoms with Crippen molar-refractivity contribution >= 4 is 5.84 Å². The molecule has 2 heteroatoms. The number of hydrogen-bond acceptors (Lipinski definition) is 1. The molecule has 1 aliphatic heterocycles. The van der Waals surface area contributed by atoms with Crippen molar-refractivity contribution in [3.05, 3.63) is 0 Å². The van der Waals surface area contributed by atoms with Gasteiger partial charge in [-0.1, -0.05) is 26.7 Å². The Kier molecular flexibility index (Phi) is 2.31. The van der Waals surface area contributed by atoms with E-state index in [-0.39, 0.29) is 0 Å².